The summed E-state index contributed by atoms with van der Waals surface area (Å²) in [6.07, 6.45) is 8.16. The molecule has 2 unspecified atom stereocenters. The van der Waals surface area contributed by atoms with Gasteiger partial charge in [0.1, 0.15) is 0 Å². The first-order valence-corrected chi connectivity index (χ1v) is 8.82. The molecular formula is C18H38N2. The largest absolute Gasteiger partial charge is 0.310 e. The molecule has 2 nitrogen and oxygen atoms in total. The summed E-state index contributed by atoms with van der Waals surface area (Å²) in [5.74, 6) is 0. The molecule has 0 radical (unpaired) electrons. The Morgan fingerprint density at radius 3 is 2.30 bits per heavy atom. The smallest absolute Gasteiger partial charge is 0.0303 e. The molecular weight excluding hydrogens is 244 g/mol. The quantitative estimate of drug-likeness (QED) is 0.694. The highest BCUT2D eigenvalue weighted by atomic mass is 15.3. The number of nitrogens with one attached hydrogen (secondary N) is 1. The predicted octanol–water partition coefficient (Wildman–Crippen LogP) is 4.45. The molecule has 2 atom stereocenters. The molecule has 0 amide bonds. The fraction of sp³-hybridized carbons (Fsp3) is 1.00. The Morgan fingerprint density at radius 1 is 1.10 bits per heavy atom. The average molecular weight is 283 g/mol. The van der Waals surface area contributed by atoms with E-state index in [-0.39, 0.29) is 0 Å². The Labute approximate surface area is 127 Å². The third-order valence-corrected chi connectivity index (χ3v) is 5.23. The van der Waals surface area contributed by atoms with Crippen molar-refractivity contribution in [3.8, 4) is 0 Å². The summed E-state index contributed by atoms with van der Waals surface area (Å²) in [7, 11) is 0. The van der Waals surface area contributed by atoms with Crippen LogP contribution in [0.1, 0.15) is 80.1 Å². The van der Waals surface area contributed by atoms with Gasteiger partial charge in [0.15, 0.2) is 0 Å². The molecule has 0 saturated carbocycles. The van der Waals surface area contributed by atoms with Crippen molar-refractivity contribution in [2.45, 2.75) is 91.6 Å². The van der Waals surface area contributed by atoms with E-state index in [1.807, 2.05) is 0 Å². The van der Waals surface area contributed by atoms with Crippen LogP contribution in [0.3, 0.4) is 0 Å². The van der Waals surface area contributed by atoms with Gasteiger partial charge < -0.3 is 5.32 Å². The standard InChI is InChI=1S/C18H38N2/c1-7-9-10-11-12-13-20-14-16(17(3,4)5)19-15-18(20,6)8-2/h16,19H,7-15H2,1-6H3. The number of piperazine rings is 1. The molecule has 1 heterocycles. The minimum Gasteiger partial charge on any atom is -0.310 e. The molecule has 0 aromatic rings. The van der Waals surface area contributed by atoms with Gasteiger partial charge in [0.25, 0.3) is 0 Å². The third kappa shape index (κ3) is 5.04. The summed E-state index contributed by atoms with van der Waals surface area (Å²) in [5, 5.41) is 3.80. The average Bonchev–Trinajstić information content (AvgIpc) is 2.39. The molecule has 120 valence electrons. The molecule has 0 bridgehead atoms. The lowest BCUT2D eigenvalue weighted by Gasteiger charge is -2.51. The van der Waals surface area contributed by atoms with Crippen molar-refractivity contribution >= 4 is 0 Å². The van der Waals surface area contributed by atoms with Crippen LogP contribution in [0, 0.1) is 5.41 Å². The number of nitrogens with zero attached hydrogens (tertiary/aromatic N) is 1. The summed E-state index contributed by atoms with van der Waals surface area (Å²) < 4.78 is 0. The Morgan fingerprint density at radius 2 is 1.75 bits per heavy atom. The second-order valence-electron chi connectivity index (χ2n) is 8.01. The molecule has 1 saturated heterocycles. The van der Waals surface area contributed by atoms with Gasteiger partial charge in [0.05, 0.1) is 0 Å². The van der Waals surface area contributed by atoms with Crippen molar-refractivity contribution in [3.63, 3.8) is 0 Å². The van der Waals surface area contributed by atoms with E-state index in [0.717, 1.165) is 6.54 Å². The lowest BCUT2D eigenvalue weighted by atomic mass is 9.81. The van der Waals surface area contributed by atoms with Crippen LogP contribution in [0.15, 0.2) is 0 Å². The molecule has 0 aromatic heterocycles. The molecule has 1 aliphatic heterocycles. The summed E-state index contributed by atoms with van der Waals surface area (Å²) >= 11 is 0. The van der Waals surface area contributed by atoms with Gasteiger partial charge >= 0.3 is 0 Å². The van der Waals surface area contributed by atoms with Crippen LogP contribution in [0.4, 0.5) is 0 Å². The summed E-state index contributed by atoms with van der Waals surface area (Å²) in [4.78, 5) is 2.77. The number of rotatable bonds is 7. The van der Waals surface area contributed by atoms with Crippen LogP contribution >= 0.6 is 0 Å². The first-order valence-electron chi connectivity index (χ1n) is 8.82. The zero-order valence-electron chi connectivity index (χ0n) is 14.9. The van der Waals surface area contributed by atoms with E-state index in [0.29, 0.717) is 17.0 Å². The van der Waals surface area contributed by atoms with Gasteiger partial charge in [0.2, 0.25) is 0 Å². The van der Waals surface area contributed by atoms with E-state index >= 15 is 0 Å². The molecule has 2 heteroatoms. The summed E-state index contributed by atoms with van der Waals surface area (Å²) in [6, 6.07) is 0.623. The molecule has 0 aromatic carbocycles. The first kappa shape index (κ1) is 18.0. The van der Waals surface area contributed by atoms with Crippen LogP contribution < -0.4 is 5.32 Å². The van der Waals surface area contributed by atoms with Crippen LogP contribution in [0.2, 0.25) is 0 Å². The molecule has 1 rings (SSSR count). The van der Waals surface area contributed by atoms with Crippen LogP contribution in [0.5, 0.6) is 0 Å². The Hall–Kier alpha value is -0.0800. The Kier molecular flexibility index (Phi) is 7.00. The van der Waals surface area contributed by atoms with Gasteiger partial charge in [-0.25, -0.2) is 0 Å². The van der Waals surface area contributed by atoms with Crippen molar-refractivity contribution < 1.29 is 0 Å². The molecule has 1 fully saturated rings. The summed E-state index contributed by atoms with van der Waals surface area (Å²) in [5.41, 5.74) is 0.710. The molecule has 0 aliphatic carbocycles. The van der Waals surface area contributed by atoms with E-state index in [4.69, 9.17) is 0 Å². The maximum atomic E-state index is 3.80. The highest BCUT2D eigenvalue weighted by molar-refractivity contribution is 4.98. The topological polar surface area (TPSA) is 15.3 Å². The molecule has 1 N–H and O–H groups in total. The van der Waals surface area contributed by atoms with Gasteiger partial charge in [-0.3, -0.25) is 4.90 Å². The van der Waals surface area contributed by atoms with Gasteiger partial charge in [-0.1, -0.05) is 60.3 Å². The van der Waals surface area contributed by atoms with Crippen molar-refractivity contribution in [3.05, 3.63) is 0 Å². The predicted molar refractivity (Wildman–Crippen MR) is 90.3 cm³/mol. The normalized spacial score (nSPS) is 28.8. The zero-order valence-corrected chi connectivity index (χ0v) is 14.9. The third-order valence-electron chi connectivity index (χ3n) is 5.23. The molecule has 20 heavy (non-hydrogen) atoms. The maximum absolute atomic E-state index is 3.80. The van der Waals surface area contributed by atoms with E-state index < -0.39 is 0 Å². The highest BCUT2D eigenvalue weighted by Crippen LogP contribution is 2.29. The second kappa shape index (κ2) is 7.79. The van der Waals surface area contributed by atoms with E-state index in [1.165, 1.54) is 51.6 Å². The monoisotopic (exact) mass is 282 g/mol. The summed E-state index contributed by atoms with van der Waals surface area (Å²) in [6.45, 7) is 17.8. The number of hydrogen-bond donors (Lipinski definition) is 1. The lowest BCUT2D eigenvalue weighted by Crippen LogP contribution is -2.65. The lowest BCUT2D eigenvalue weighted by molar-refractivity contribution is 0.0209. The SMILES string of the molecule is CCCCCCCN1CC(C(C)(C)C)NCC1(C)CC. The molecule has 0 spiro atoms. The van der Waals surface area contributed by atoms with Gasteiger partial charge in [-0.15, -0.1) is 0 Å². The maximum Gasteiger partial charge on any atom is 0.0303 e. The van der Waals surface area contributed by atoms with E-state index in [1.54, 1.807) is 0 Å². The van der Waals surface area contributed by atoms with E-state index in [9.17, 15) is 0 Å². The van der Waals surface area contributed by atoms with Crippen molar-refractivity contribution in [2.75, 3.05) is 19.6 Å². The van der Waals surface area contributed by atoms with Crippen LogP contribution in [-0.2, 0) is 0 Å². The van der Waals surface area contributed by atoms with Crippen molar-refractivity contribution in [1.29, 1.82) is 0 Å². The van der Waals surface area contributed by atoms with Crippen LogP contribution in [0.25, 0.3) is 0 Å². The fourth-order valence-electron chi connectivity index (χ4n) is 3.16. The fourth-order valence-corrected chi connectivity index (χ4v) is 3.16. The highest BCUT2D eigenvalue weighted by Gasteiger charge is 2.39. The van der Waals surface area contributed by atoms with E-state index in [2.05, 4.69) is 51.8 Å². The Bertz CT molecular complexity index is 269. The minimum atomic E-state index is 0.354. The Balaban J connectivity index is 2.52. The number of hydrogen-bond acceptors (Lipinski definition) is 2. The second-order valence-corrected chi connectivity index (χ2v) is 8.01. The molecule has 1 aliphatic rings. The van der Waals surface area contributed by atoms with Gasteiger partial charge in [0, 0.05) is 24.7 Å². The van der Waals surface area contributed by atoms with Crippen molar-refractivity contribution in [2.24, 2.45) is 5.41 Å². The van der Waals surface area contributed by atoms with Crippen LogP contribution in [-0.4, -0.2) is 36.1 Å². The van der Waals surface area contributed by atoms with Crippen molar-refractivity contribution in [1.82, 2.24) is 10.2 Å². The number of unbranched alkanes of at least 4 members (excludes halogenated alkanes) is 4. The first-order chi connectivity index (χ1) is 9.33. The zero-order chi connectivity index (χ0) is 15.2. The minimum absolute atomic E-state index is 0.354. The van der Waals surface area contributed by atoms with Gasteiger partial charge in [-0.05, 0) is 31.7 Å². The van der Waals surface area contributed by atoms with Gasteiger partial charge in [-0.2, -0.15) is 0 Å².